The largest absolute Gasteiger partial charge is 0.465 e. The van der Waals surface area contributed by atoms with E-state index >= 15 is 0 Å². The third-order valence-electron chi connectivity index (χ3n) is 3.39. The molecular formula is C16H15NO8S2. The highest BCUT2D eigenvalue weighted by Crippen LogP contribution is 2.16. The van der Waals surface area contributed by atoms with E-state index in [4.69, 9.17) is 0 Å². The van der Waals surface area contributed by atoms with E-state index in [0.717, 1.165) is 24.3 Å². The van der Waals surface area contributed by atoms with Crippen LogP contribution in [-0.4, -0.2) is 43.0 Å². The molecule has 0 fully saturated rings. The van der Waals surface area contributed by atoms with Crippen molar-refractivity contribution in [2.45, 2.75) is 9.79 Å². The average molecular weight is 413 g/mol. The summed E-state index contributed by atoms with van der Waals surface area (Å²) in [5.74, 6) is -1.32. The van der Waals surface area contributed by atoms with Gasteiger partial charge in [-0.2, -0.15) is 0 Å². The Hall–Kier alpha value is -2.76. The maximum Gasteiger partial charge on any atom is 0.337 e. The molecule has 0 spiro atoms. The van der Waals surface area contributed by atoms with Crippen LogP contribution in [-0.2, 0) is 29.5 Å². The van der Waals surface area contributed by atoms with Gasteiger partial charge in [0.05, 0.1) is 35.1 Å². The van der Waals surface area contributed by atoms with Gasteiger partial charge >= 0.3 is 11.9 Å². The predicted octanol–water partition coefficient (Wildman–Crippen LogP) is 0.927. The Morgan fingerprint density at radius 3 is 1.22 bits per heavy atom. The van der Waals surface area contributed by atoms with E-state index in [1.54, 1.807) is 4.13 Å². The molecule has 0 aliphatic carbocycles. The molecule has 2 aromatic carbocycles. The fourth-order valence-corrected chi connectivity index (χ4v) is 4.93. The number of benzene rings is 2. The van der Waals surface area contributed by atoms with Crippen molar-refractivity contribution in [3.8, 4) is 0 Å². The zero-order valence-corrected chi connectivity index (χ0v) is 15.8. The Morgan fingerprint density at radius 1 is 0.667 bits per heavy atom. The third-order valence-corrected chi connectivity index (χ3v) is 6.93. The third kappa shape index (κ3) is 4.70. The molecule has 1 N–H and O–H groups in total. The van der Waals surface area contributed by atoms with Gasteiger partial charge in [0, 0.05) is 0 Å². The monoisotopic (exact) mass is 413 g/mol. The lowest BCUT2D eigenvalue weighted by atomic mass is 10.2. The van der Waals surface area contributed by atoms with Crippen molar-refractivity contribution in [3.05, 3.63) is 59.7 Å². The van der Waals surface area contributed by atoms with Crippen LogP contribution in [0.4, 0.5) is 0 Å². The Kier molecular flexibility index (Phi) is 5.98. The summed E-state index contributed by atoms with van der Waals surface area (Å²) >= 11 is 0. The molecule has 0 amide bonds. The van der Waals surface area contributed by atoms with Crippen LogP contribution in [0.5, 0.6) is 0 Å². The molecule has 2 aromatic rings. The Labute approximate surface area is 156 Å². The summed E-state index contributed by atoms with van der Waals surface area (Å²) < 4.78 is 59.9. The van der Waals surface area contributed by atoms with Gasteiger partial charge in [0.1, 0.15) is 0 Å². The summed E-state index contributed by atoms with van der Waals surface area (Å²) in [6.07, 6.45) is 0. The van der Waals surface area contributed by atoms with Gasteiger partial charge in [-0.3, -0.25) is 0 Å². The SMILES string of the molecule is COC(=O)c1ccc(S(=O)(=O)NS(=O)(=O)c2ccc(C(=O)OC)cc2)cc1. The minimum absolute atomic E-state index is 0.109. The smallest absolute Gasteiger partial charge is 0.337 e. The van der Waals surface area contributed by atoms with Gasteiger partial charge < -0.3 is 9.47 Å². The van der Waals surface area contributed by atoms with Crippen LogP contribution in [0.2, 0.25) is 0 Å². The Balaban J connectivity index is 2.27. The molecule has 11 heteroatoms. The molecule has 0 aromatic heterocycles. The van der Waals surface area contributed by atoms with Crippen molar-refractivity contribution in [1.82, 2.24) is 4.13 Å². The number of ether oxygens (including phenoxy) is 2. The Morgan fingerprint density at radius 2 is 0.963 bits per heavy atom. The van der Waals surface area contributed by atoms with Crippen LogP contribution >= 0.6 is 0 Å². The maximum absolute atomic E-state index is 12.3. The first-order valence-corrected chi connectivity index (χ1v) is 10.2. The molecule has 9 nitrogen and oxygen atoms in total. The first-order chi connectivity index (χ1) is 12.6. The summed E-state index contributed by atoms with van der Waals surface area (Å²) in [4.78, 5) is 22.0. The van der Waals surface area contributed by atoms with Gasteiger partial charge in [-0.15, -0.1) is 4.13 Å². The van der Waals surface area contributed by atoms with Crippen molar-refractivity contribution >= 4 is 32.0 Å². The average Bonchev–Trinajstić information content (AvgIpc) is 2.66. The number of hydrogen-bond acceptors (Lipinski definition) is 8. The molecule has 0 bridgehead atoms. The Bertz CT molecular complexity index is 969. The maximum atomic E-state index is 12.3. The number of carbonyl (C=O) groups is 2. The van der Waals surface area contributed by atoms with E-state index < -0.39 is 32.0 Å². The summed E-state index contributed by atoms with van der Waals surface area (Å²) in [7, 11) is -6.51. The predicted molar refractivity (Wildman–Crippen MR) is 93.1 cm³/mol. The molecule has 0 radical (unpaired) electrons. The van der Waals surface area contributed by atoms with Crippen molar-refractivity contribution in [3.63, 3.8) is 0 Å². The molecule has 144 valence electrons. The van der Waals surface area contributed by atoms with E-state index in [2.05, 4.69) is 9.47 Å². The van der Waals surface area contributed by atoms with Gasteiger partial charge in [-0.05, 0) is 48.5 Å². The van der Waals surface area contributed by atoms with Gasteiger partial charge in [0.25, 0.3) is 20.0 Å². The first kappa shape index (κ1) is 20.6. The lowest BCUT2D eigenvalue weighted by Gasteiger charge is -2.09. The summed E-state index contributed by atoms with van der Waals surface area (Å²) in [6.45, 7) is 0. The van der Waals surface area contributed by atoms with E-state index in [0.29, 0.717) is 0 Å². The molecule has 2 rings (SSSR count). The van der Waals surface area contributed by atoms with Gasteiger partial charge in [0.2, 0.25) is 0 Å². The van der Waals surface area contributed by atoms with E-state index in [1.807, 2.05) is 0 Å². The molecule has 0 heterocycles. The lowest BCUT2D eigenvalue weighted by molar-refractivity contribution is 0.0592. The first-order valence-electron chi connectivity index (χ1n) is 7.26. The molecule has 27 heavy (non-hydrogen) atoms. The highest BCUT2D eigenvalue weighted by molar-refractivity contribution is 8.04. The van der Waals surface area contributed by atoms with Crippen molar-refractivity contribution < 1.29 is 35.9 Å². The van der Waals surface area contributed by atoms with E-state index in [9.17, 15) is 26.4 Å². The molecule has 0 atom stereocenters. The highest BCUT2D eigenvalue weighted by Gasteiger charge is 2.25. The molecular weight excluding hydrogens is 398 g/mol. The van der Waals surface area contributed by atoms with Crippen molar-refractivity contribution in [2.75, 3.05) is 14.2 Å². The zero-order valence-electron chi connectivity index (χ0n) is 14.2. The van der Waals surface area contributed by atoms with Gasteiger partial charge in [-0.25, -0.2) is 26.4 Å². The van der Waals surface area contributed by atoms with Crippen molar-refractivity contribution in [1.29, 1.82) is 0 Å². The van der Waals surface area contributed by atoms with Crippen LogP contribution in [0, 0.1) is 0 Å². The molecule has 0 unspecified atom stereocenters. The summed E-state index contributed by atoms with van der Waals surface area (Å²) in [5.41, 5.74) is 0.218. The number of methoxy groups -OCH3 is 2. The quantitative estimate of drug-likeness (QED) is 0.692. The second-order valence-corrected chi connectivity index (χ2v) is 8.75. The minimum Gasteiger partial charge on any atom is -0.465 e. The van der Waals surface area contributed by atoms with Crippen molar-refractivity contribution in [2.24, 2.45) is 0 Å². The van der Waals surface area contributed by atoms with Crippen LogP contribution in [0.3, 0.4) is 0 Å². The normalized spacial score (nSPS) is 11.6. The zero-order chi connectivity index (χ0) is 20.2. The lowest BCUT2D eigenvalue weighted by Crippen LogP contribution is -2.30. The van der Waals surface area contributed by atoms with Gasteiger partial charge in [0.15, 0.2) is 0 Å². The molecule has 0 saturated heterocycles. The summed E-state index contributed by atoms with van der Waals surface area (Å²) in [6, 6.07) is 9.07. The molecule has 0 aliphatic heterocycles. The fourth-order valence-electron chi connectivity index (χ4n) is 2.02. The standard InChI is InChI=1S/C16H15NO8S2/c1-24-15(18)11-3-7-13(8-4-11)26(20,21)17-27(22,23)14-9-5-12(6-10-14)16(19)25-2/h3-10,17H,1-2H3. The molecule has 0 saturated carbocycles. The van der Waals surface area contributed by atoms with Gasteiger partial charge in [-0.1, -0.05) is 0 Å². The second-order valence-electron chi connectivity index (χ2n) is 5.12. The fraction of sp³-hybridized carbons (Fsp3) is 0.125. The minimum atomic E-state index is -4.43. The highest BCUT2D eigenvalue weighted by atomic mass is 32.3. The number of hydrogen-bond donors (Lipinski definition) is 1. The number of esters is 2. The number of nitrogens with one attached hydrogen (secondary N) is 1. The van der Waals surface area contributed by atoms with E-state index in [-0.39, 0.29) is 20.9 Å². The molecule has 0 aliphatic rings. The van der Waals surface area contributed by atoms with Crippen LogP contribution in [0.15, 0.2) is 58.3 Å². The topological polar surface area (TPSA) is 133 Å². The van der Waals surface area contributed by atoms with Crippen LogP contribution in [0.25, 0.3) is 0 Å². The van der Waals surface area contributed by atoms with Crippen LogP contribution < -0.4 is 4.13 Å². The van der Waals surface area contributed by atoms with E-state index in [1.165, 1.54) is 38.5 Å². The number of sulfonamides is 2. The number of carbonyl (C=O) groups excluding carboxylic acids is 2. The van der Waals surface area contributed by atoms with Crippen LogP contribution in [0.1, 0.15) is 20.7 Å². The summed E-state index contributed by atoms with van der Waals surface area (Å²) in [5, 5.41) is 0. The second kappa shape index (κ2) is 7.86. The number of rotatable bonds is 6.